The van der Waals surface area contributed by atoms with E-state index in [-0.39, 0.29) is 24.9 Å². The highest BCUT2D eigenvalue weighted by atomic mass is 32.1. The van der Waals surface area contributed by atoms with Gasteiger partial charge in [-0.15, -0.1) is 11.3 Å². The number of aromatic nitrogens is 1. The van der Waals surface area contributed by atoms with E-state index in [0.717, 1.165) is 5.56 Å². The van der Waals surface area contributed by atoms with Crippen LogP contribution in [0.1, 0.15) is 27.7 Å². The lowest BCUT2D eigenvalue weighted by Gasteiger charge is -2.11. The van der Waals surface area contributed by atoms with Crippen molar-refractivity contribution in [3.8, 4) is 17.4 Å². The van der Waals surface area contributed by atoms with Crippen molar-refractivity contribution in [2.75, 3.05) is 13.7 Å². The van der Waals surface area contributed by atoms with Gasteiger partial charge in [-0.05, 0) is 36.8 Å². The molecule has 33 heavy (non-hydrogen) atoms. The smallest absolute Gasteiger partial charge is 0.262 e. The van der Waals surface area contributed by atoms with Gasteiger partial charge in [-0.1, -0.05) is 24.3 Å². The van der Waals surface area contributed by atoms with Crippen molar-refractivity contribution in [3.05, 3.63) is 82.6 Å². The minimum Gasteiger partial charge on any atom is -0.490 e. The Kier molecular flexibility index (Phi) is 7.16. The molecule has 0 fully saturated rings. The SMILES string of the molecule is CCOc1ccccc1Oc1ccc(CNC(=O)c2sc3cccc(F)c3c2COC)cn1. The third-order valence-electron chi connectivity index (χ3n) is 4.87. The van der Waals surface area contributed by atoms with Crippen LogP contribution in [0.15, 0.2) is 60.8 Å². The number of benzene rings is 2. The molecule has 170 valence electrons. The topological polar surface area (TPSA) is 69.7 Å². The van der Waals surface area contributed by atoms with E-state index >= 15 is 0 Å². The quantitative estimate of drug-likeness (QED) is 0.343. The molecule has 0 aliphatic rings. The average Bonchev–Trinajstić information content (AvgIpc) is 3.20. The molecule has 0 saturated carbocycles. The lowest BCUT2D eigenvalue weighted by molar-refractivity contribution is 0.0950. The van der Waals surface area contributed by atoms with Gasteiger partial charge in [0.15, 0.2) is 11.5 Å². The van der Waals surface area contributed by atoms with E-state index in [1.807, 2.05) is 37.3 Å². The Bertz CT molecular complexity index is 1260. The van der Waals surface area contributed by atoms with Crippen molar-refractivity contribution in [1.82, 2.24) is 10.3 Å². The predicted octanol–water partition coefficient (Wildman–Crippen LogP) is 5.70. The van der Waals surface area contributed by atoms with Crippen molar-refractivity contribution < 1.29 is 23.4 Å². The maximum atomic E-state index is 14.4. The first kappa shape index (κ1) is 22.7. The highest BCUT2D eigenvalue weighted by molar-refractivity contribution is 7.21. The predicted molar refractivity (Wildman–Crippen MR) is 126 cm³/mol. The normalized spacial score (nSPS) is 10.9. The number of fused-ring (bicyclic) bond motifs is 1. The van der Waals surface area contributed by atoms with Crippen molar-refractivity contribution in [2.45, 2.75) is 20.1 Å². The molecule has 2 aromatic carbocycles. The molecule has 8 heteroatoms. The van der Waals surface area contributed by atoms with E-state index < -0.39 is 0 Å². The number of rotatable bonds is 9. The van der Waals surface area contributed by atoms with Gasteiger partial charge in [0.05, 0.1) is 18.1 Å². The second-order valence-corrected chi connectivity index (χ2v) is 8.18. The van der Waals surface area contributed by atoms with Crippen LogP contribution in [0.2, 0.25) is 0 Å². The summed E-state index contributed by atoms with van der Waals surface area (Å²) in [6.45, 7) is 2.86. The molecule has 0 radical (unpaired) electrons. The number of carbonyl (C=O) groups is 1. The average molecular weight is 467 g/mol. The van der Waals surface area contributed by atoms with Gasteiger partial charge in [0.25, 0.3) is 5.91 Å². The summed E-state index contributed by atoms with van der Waals surface area (Å²) in [5, 5.41) is 3.32. The van der Waals surface area contributed by atoms with Crippen molar-refractivity contribution in [3.63, 3.8) is 0 Å². The molecule has 0 aliphatic heterocycles. The van der Waals surface area contributed by atoms with Crippen LogP contribution in [0.4, 0.5) is 4.39 Å². The van der Waals surface area contributed by atoms with Crippen LogP contribution in [0.3, 0.4) is 0 Å². The van der Waals surface area contributed by atoms with E-state index in [1.165, 1.54) is 24.5 Å². The third-order valence-corrected chi connectivity index (χ3v) is 6.07. The van der Waals surface area contributed by atoms with Gasteiger partial charge in [-0.25, -0.2) is 9.37 Å². The number of carbonyl (C=O) groups excluding carboxylic acids is 1. The Hall–Kier alpha value is -3.49. The molecule has 0 aliphatic carbocycles. The highest BCUT2D eigenvalue weighted by Crippen LogP contribution is 2.34. The fraction of sp³-hybridized carbons (Fsp3) is 0.200. The Morgan fingerprint density at radius 3 is 2.64 bits per heavy atom. The number of halogens is 1. The molecule has 6 nitrogen and oxygen atoms in total. The lowest BCUT2D eigenvalue weighted by Crippen LogP contribution is -2.23. The maximum Gasteiger partial charge on any atom is 0.262 e. The van der Waals surface area contributed by atoms with Gasteiger partial charge in [-0.2, -0.15) is 0 Å². The molecule has 2 heterocycles. The number of methoxy groups -OCH3 is 1. The number of hydrogen-bond acceptors (Lipinski definition) is 6. The van der Waals surface area contributed by atoms with Crippen molar-refractivity contribution in [2.24, 2.45) is 0 Å². The Labute approximate surface area is 194 Å². The molecule has 4 rings (SSSR count). The van der Waals surface area contributed by atoms with Gasteiger partial charge in [0.1, 0.15) is 5.82 Å². The summed E-state index contributed by atoms with van der Waals surface area (Å²) >= 11 is 1.25. The van der Waals surface area contributed by atoms with E-state index in [9.17, 15) is 9.18 Å². The summed E-state index contributed by atoms with van der Waals surface area (Å²) in [6, 6.07) is 15.8. The summed E-state index contributed by atoms with van der Waals surface area (Å²) in [4.78, 5) is 17.6. The monoisotopic (exact) mass is 466 g/mol. The number of hydrogen-bond donors (Lipinski definition) is 1. The largest absolute Gasteiger partial charge is 0.490 e. The van der Waals surface area contributed by atoms with Crippen LogP contribution in [0.5, 0.6) is 17.4 Å². The van der Waals surface area contributed by atoms with Gasteiger partial charge in [-0.3, -0.25) is 4.79 Å². The minimum atomic E-state index is -0.361. The molecule has 1 N–H and O–H groups in total. The molecule has 4 aromatic rings. The fourth-order valence-electron chi connectivity index (χ4n) is 3.39. The Morgan fingerprint density at radius 1 is 1.09 bits per heavy atom. The first-order valence-electron chi connectivity index (χ1n) is 10.4. The van der Waals surface area contributed by atoms with E-state index in [1.54, 1.807) is 24.4 Å². The number of pyridine rings is 1. The zero-order chi connectivity index (χ0) is 23.2. The van der Waals surface area contributed by atoms with Crippen LogP contribution < -0.4 is 14.8 Å². The number of para-hydroxylation sites is 2. The number of amides is 1. The number of thiophene rings is 1. The Morgan fingerprint density at radius 2 is 1.91 bits per heavy atom. The molecular formula is C25H23FN2O4S. The van der Waals surface area contributed by atoms with Gasteiger partial charge in [0, 0.05) is 41.6 Å². The molecule has 0 saturated heterocycles. The molecule has 2 aromatic heterocycles. The van der Waals surface area contributed by atoms with E-state index in [2.05, 4.69) is 10.3 Å². The molecular weight excluding hydrogens is 443 g/mol. The molecule has 0 atom stereocenters. The summed E-state index contributed by atoms with van der Waals surface area (Å²) in [5.74, 6) is 0.995. The second kappa shape index (κ2) is 10.4. The van der Waals surface area contributed by atoms with Gasteiger partial charge >= 0.3 is 0 Å². The molecule has 0 unspecified atom stereocenters. The first-order chi connectivity index (χ1) is 16.1. The van der Waals surface area contributed by atoms with Crippen molar-refractivity contribution >= 4 is 27.3 Å². The number of nitrogens with one attached hydrogen (secondary N) is 1. The number of nitrogens with zero attached hydrogens (tertiary/aromatic N) is 1. The summed E-state index contributed by atoms with van der Waals surface area (Å²) < 4.78 is 31.7. The van der Waals surface area contributed by atoms with Crippen LogP contribution in [0, 0.1) is 5.82 Å². The summed E-state index contributed by atoms with van der Waals surface area (Å²) in [6.07, 6.45) is 1.64. The summed E-state index contributed by atoms with van der Waals surface area (Å²) in [7, 11) is 1.52. The highest BCUT2D eigenvalue weighted by Gasteiger charge is 2.20. The van der Waals surface area contributed by atoms with Crippen LogP contribution in [0.25, 0.3) is 10.1 Å². The fourth-order valence-corrected chi connectivity index (χ4v) is 4.53. The zero-order valence-electron chi connectivity index (χ0n) is 18.3. The molecule has 0 bridgehead atoms. The van der Waals surface area contributed by atoms with Gasteiger partial charge in [0.2, 0.25) is 5.88 Å². The van der Waals surface area contributed by atoms with E-state index in [0.29, 0.717) is 44.5 Å². The summed E-state index contributed by atoms with van der Waals surface area (Å²) in [5.41, 5.74) is 1.36. The minimum absolute atomic E-state index is 0.153. The standard InChI is InChI=1S/C25H23FN2O4S/c1-3-31-19-8-4-5-9-20(19)32-22-12-11-16(13-27-22)14-28-25(29)24-17(15-30-2)23-18(26)7-6-10-21(23)33-24/h4-13H,3,14-15H2,1-2H3,(H,28,29). The van der Waals surface area contributed by atoms with Crippen LogP contribution in [-0.2, 0) is 17.9 Å². The maximum absolute atomic E-state index is 14.4. The second-order valence-electron chi connectivity index (χ2n) is 7.12. The van der Waals surface area contributed by atoms with Crippen LogP contribution in [-0.4, -0.2) is 24.6 Å². The molecule has 0 spiro atoms. The van der Waals surface area contributed by atoms with E-state index in [4.69, 9.17) is 14.2 Å². The lowest BCUT2D eigenvalue weighted by atomic mass is 10.1. The van der Waals surface area contributed by atoms with Crippen molar-refractivity contribution in [1.29, 1.82) is 0 Å². The molecule has 1 amide bonds. The first-order valence-corrected chi connectivity index (χ1v) is 11.2. The van der Waals surface area contributed by atoms with Crippen LogP contribution >= 0.6 is 11.3 Å². The number of ether oxygens (including phenoxy) is 3. The Balaban J connectivity index is 1.44. The third kappa shape index (κ3) is 5.13. The van der Waals surface area contributed by atoms with Gasteiger partial charge < -0.3 is 19.5 Å². The zero-order valence-corrected chi connectivity index (χ0v) is 19.1.